The molecule has 0 unspecified atom stereocenters. The van der Waals surface area contributed by atoms with Gasteiger partial charge in [0.15, 0.2) is 0 Å². The van der Waals surface area contributed by atoms with Crippen LogP contribution in [0.4, 0.5) is 10.1 Å². The van der Waals surface area contributed by atoms with Gasteiger partial charge in [-0.15, -0.1) is 0 Å². The number of nitrogens with one attached hydrogen (secondary N) is 1. The first-order valence-electron chi connectivity index (χ1n) is 9.65. The highest BCUT2D eigenvalue weighted by atomic mass is 32.2. The van der Waals surface area contributed by atoms with E-state index >= 15 is 0 Å². The van der Waals surface area contributed by atoms with Crippen LogP contribution >= 0.6 is 0 Å². The van der Waals surface area contributed by atoms with Crippen LogP contribution in [-0.4, -0.2) is 52.1 Å². The molecule has 1 fully saturated rings. The smallest absolute Gasteiger partial charge is 0.240 e. The number of rotatable bonds is 7. The molecule has 2 aromatic carbocycles. The third-order valence-corrected chi connectivity index (χ3v) is 6.67. The molecule has 28 heavy (non-hydrogen) atoms. The lowest BCUT2D eigenvalue weighted by atomic mass is 10.2. The minimum Gasteiger partial charge on any atom is -0.369 e. The first-order chi connectivity index (χ1) is 13.3. The molecule has 1 N–H and O–H groups in total. The predicted molar refractivity (Wildman–Crippen MR) is 111 cm³/mol. The Morgan fingerprint density at radius 1 is 1.07 bits per heavy atom. The van der Waals surface area contributed by atoms with Crippen molar-refractivity contribution in [2.24, 2.45) is 0 Å². The van der Waals surface area contributed by atoms with Gasteiger partial charge in [-0.2, -0.15) is 0 Å². The van der Waals surface area contributed by atoms with Crippen LogP contribution in [0.1, 0.15) is 18.9 Å². The Hall–Kier alpha value is -1.96. The van der Waals surface area contributed by atoms with Gasteiger partial charge in [-0.1, -0.05) is 18.2 Å². The van der Waals surface area contributed by atoms with E-state index in [1.807, 2.05) is 6.92 Å². The van der Waals surface area contributed by atoms with E-state index in [2.05, 4.69) is 45.7 Å². The highest BCUT2D eigenvalue weighted by Crippen LogP contribution is 2.18. The van der Waals surface area contributed by atoms with E-state index in [9.17, 15) is 12.8 Å². The first kappa shape index (κ1) is 20.8. The van der Waals surface area contributed by atoms with Crippen LogP contribution in [0.5, 0.6) is 0 Å². The Labute approximate surface area is 167 Å². The number of hydrogen-bond acceptors (Lipinski definition) is 4. The Bertz CT molecular complexity index is 896. The number of hydrogen-bond donors (Lipinski definition) is 1. The van der Waals surface area contributed by atoms with E-state index in [0.717, 1.165) is 38.8 Å². The topological polar surface area (TPSA) is 52.6 Å². The molecular weight excluding hydrogens is 377 g/mol. The van der Waals surface area contributed by atoms with Gasteiger partial charge >= 0.3 is 0 Å². The second-order valence-electron chi connectivity index (χ2n) is 7.44. The molecule has 0 aromatic heterocycles. The molecule has 0 radical (unpaired) electrons. The van der Waals surface area contributed by atoms with E-state index in [0.29, 0.717) is 6.42 Å². The van der Waals surface area contributed by atoms with Crippen molar-refractivity contribution >= 4 is 15.7 Å². The van der Waals surface area contributed by atoms with Crippen molar-refractivity contribution in [2.45, 2.75) is 31.2 Å². The molecular formula is C21H28FN3O2S. The van der Waals surface area contributed by atoms with Crippen LogP contribution in [0.25, 0.3) is 0 Å². The molecule has 0 spiro atoms. The number of nitrogens with zero attached hydrogens (tertiary/aromatic N) is 2. The molecule has 1 aliphatic rings. The van der Waals surface area contributed by atoms with Gasteiger partial charge in [-0.05, 0) is 62.7 Å². The Morgan fingerprint density at radius 3 is 2.46 bits per heavy atom. The van der Waals surface area contributed by atoms with Crippen molar-refractivity contribution < 1.29 is 12.8 Å². The van der Waals surface area contributed by atoms with Crippen molar-refractivity contribution in [3.8, 4) is 0 Å². The fourth-order valence-corrected chi connectivity index (χ4v) is 4.77. The number of sulfonamides is 1. The molecule has 0 saturated carbocycles. The monoisotopic (exact) mass is 405 g/mol. The second-order valence-corrected chi connectivity index (χ2v) is 9.15. The fraction of sp³-hybridized carbons (Fsp3) is 0.429. The van der Waals surface area contributed by atoms with Crippen molar-refractivity contribution in [3.63, 3.8) is 0 Å². The third kappa shape index (κ3) is 5.53. The molecule has 3 rings (SSSR count). The zero-order chi connectivity index (χ0) is 20.1. The summed E-state index contributed by atoms with van der Waals surface area (Å²) in [5.74, 6) is -0.554. The van der Waals surface area contributed by atoms with Gasteiger partial charge < -0.3 is 4.90 Å². The van der Waals surface area contributed by atoms with E-state index < -0.39 is 15.8 Å². The number of benzene rings is 2. The van der Waals surface area contributed by atoms with E-state index in [-0.39, 0.29) is 10.9 Å². The summed E-state index contributed by atoms with van der Waals surface area (Å²) in [6, 6.07) is 13.4. The lowest BCUT2D eigenvalue weighted by Crippen LogP contribution is -2.47. The summed E-state index contributed by atoms with van der Waals surface area (Å²) in [5, 5.41) is 0. The molecule has 0 bridgehead atoms. The maximum absolute atomic E-state index is 13.3. The lowest BCUT2D eigenvalue weighted by molar-refractivity contribution is 0.248. The lowest BCUT2D eigenvalue weighted by Gasteiger charge is -2.36. The van der Waals surface area contributed by atoms with Gasteiger partial charge in [0.1, 0.15) is 5.82 Å². The van der Waals surface area contributed by atoms with Gasteiger partial charge in [-0.25, -0.2) is 17.5 Å². The summed E-state index contributed by atoms with van der Waals surface area (Å²) in [6.07, 6.45) is 0.707. The summed E-state index contributed by atoms with van der Waals surface area (Å²) in [6.45, 7) is 8.62. The van der Waals surface area contributed by atoms with Crippen molar-refractivity contribution in [1.29, 1.82) is 0 Å². The summed E-state index contributed by atoms with van der Waals surface area (Å²) >= 11 is 0. The number of piperazine rings is 1. The Balaban J connectivity index is 1.46. The predicted octanol–water partition coefficient (Wildman–Crippen LogP) is 3.01. The summed E-state index contributed by atoms with van der Waals surface area (Å²) in [4.78, 5) is 4.71. The minimum atomic E-state index is -3.70. The van der Waals surface area contributed by atoms with Crippen LogP contribution < -0.4 is 9.62 Å². The van der Waals surface area contributed by atoms with E-state index in [4.69, 9.17) is 0 Å². The number of halogens is 1. The maximum Gasteiger partial charge on any atom is 0.240 e. The molecule has 152 valence electrons. The van der Waals surface area contributed by atoms with Crippen LogP contribution in [0.3, 0.4) is 0 Å². The molecule has 1 aliphatic heterocycles. The summed E-state index contributed by atoms with van der Waals surface area (Å²) in [5.41, 5.74) is 2.52. The fourth-order valence-electron chi connectivity index (χ4n) is 3.46. The Kier molecular flexibility index (Phi) is 6.69. The summed E-state index contributed by atoms with van der Waals surface area (Å²) < 4.78 is 40.7. The first-order valence-corrected chi connectivity index (χ1v) is 11.1. The van der Waals surface area contributed by atoms with Gasteiger partial charge in [0.05, 0.1) is 4.90 Å². The van der Waals surface area contributed by atoms with Gasteiger partial charge in [0, 0.05) is 37.9 Å². The zero-order valence-electron chi connectivity index (χ0n) is 16.4. The average Bonchev–Trinajstić information content (AvgIpc) is 2.66. The van der Waals surface area contributed by atoms with E-state index in [1.165, 1.54) is 29.4 Å². The molecule has 1 atom stereocenters. The Morgan fingerprint density at radius 2 is 1.79 bits per heavy atom. The van der Waals surface area contributed by atoms with Crippen LogP contribution in [-0.2, 0) is 10.0 Å². The average molecular weight is 406 g/mol. The summed E-state index contributed by atoms with van der Waals surface area (Å²) in [7, 11) is -3.70. The van der Waals surface area contributed by atoms with Crippen molar-refractivity contribution in [1.82, 2.24) is 9.62 Å². The van der Waals surface area contributed by atoms with Crippen molar-refractivity contribution in [2.75, 3.05) is 37.6 Å². The minimum absolute atomic E-state index is 0.0360. The standard InChI is InChI=1S/C21H28FN3O2S/c1-17-5-3-7-20(15-17)25-13-11-24(12-14-25)10-9-18(2)23-28(26,27)21-8-4-6-19(22)16-21/h3-8,15-16,18,23H,9-14H2,1-2H3/t18-/m0/s1. The van der Waals surface area contributed by atoms with Crippen LogP contribution in [0, 0.1) is 12.7 Å². The molecule has 2 aromatic rings. The van der Waals surface area contributed by atoms with Crippen LogP contribution in [0.15, 0.2) is 53.4 Å². The normalized spacial score (nSPS) is 16.9. The zero-order valence-corrected chi connectivity index (χ0v) is 17.3. The third-order valence-electron chi connectivity index (χ3n) is 5.08. The molecule has 7 heteroatoms. The SMILES string of the molecule is Cc1cccc(N2CCN(CC[C@H](C)NS(=O)(=O)c3cccc(F)c3)CC2)c1. The molecule has 1 heterocycles. The highest BCUT2D eigenvalue weighted by molar-refractivity contribution is 7.89. The van der Waals surface area contributed by atoms with Gasteiger partial charge in [-0.3, -0.25) is 4.90 Å². The number of anilines is 1. The largest absolute Gasteiger partial charge is 0.369 e. The molecule has 1 saturated heterocycles. The maximum atomic E-state index is 13.3. The van der Waals surface area contributed by atoms with Gasteiger partial charge in [0.25, 0.3) is 0 Å². The van der Waals surface area contributed by atoms with Crippen LogP contribution in [0.2, 0.25) is 0 Å². The van der Waals surface area contributed by atoms with Gasteiger partial charge in [0.2, 0.25) is 10.0 Å². The van der Waals surface area contributed by atoms with E-state index in [1.54, 1.807) is 0 Å². The molecule has 0 amide bonds. The second kappa shape index (κ2) is 9.03. The highest BCUT2D eigenvalue weighted by Gasteiger charge is 2.20. The number of aryl methyl sites for hydroxylation is 1. The molecule has 5 nitrogen and oxygen atoms in total. The quantitative estimate of drug-likeness (QED) is 0.769. The van der Waals surface area contributed by atoms with Crippen molar-refractivity contribution in [3.05, 3.63) is 59.9 Å². The molecule has 0 aliphatic carbocycles.